The van der Waals surface area contributed by atoms with Gasteiger partial charge >= 0.3 is 5.97 Å². The molecule has 1 aromatic heterocycles. The third-order valence-electron chi connectivity index (χ3n) is 3.60. The number of rotatable bonds is 6. The molecule has 0 spiro atoms. The molecule has 0 fully saturated rings. The zero-order valence-corrected chi connectivity index (χ0v) is 13.5. The second-order valence-electron chi connectivity index (χ2n) is 5.56. The highest BCUT2D eigenvalue weighted by Crippen LogP contribution is 2.32. The van der Waals surface area contributed by atoms with Gasteiger partial charge in [-0.2, -0.15) is 5.10 Å². The van der Waals surface area contributed by atoms with Crippen LogP contribution in [0.15, 0.2) is 24.3 Å². The number of hydrogen-bond donors (Lipinski definition) is 1. The summed E-state index contributed by atoms with van der Waals surface area (Å²) >= 11 is 0. The Morgan fingerprint density at radius 3 is 2.64 bits per heavy atom. The number of carboxylic acid groups (broad SMARTS) is 1. The van der Waals surface area contributed by atoms with Crippen molar-refractivity contribution in [2.24, 2.45) is 0 Å². The zero-order valence-electron chi connectivity index (χ0n) is 13.5. The first-order chi connectivity index (χ1) is 10.5. The summed E-state index contributed by atoms with van der Waals surface area (Å²) in [7, 11) is 1.61. The molecule has 5 nitrogen and oxygen atoms in total. The number of hydrogen-bond acceptors (Lipinski definition) is 3. The smallest absolute Gasteiger partial charge is 0.354 e. The van der Waals surface area contributed by atoms with E-state index < -0.39 is 5.97 Å². The quantitative estimate of drug-likeness (QED) is 0.881. The van der Waals surface area contributed by atoms with Crippen molar-refractivity contribution in [3.8, 4) is 17.0 Å². The summed E-state index contributed by atoms with van der Waals surface area (Å²) in [6.45, 7) is 6.80. The van der Waals surface area contributed by atoms with E-state index in [1.54, 1.807) is 17.9 Å². The van der Waals surface area contributed by atoms with Gasteiger partial charge in [0.15, 0.2) is 0 Å². The average Bonchev–Trinajstić information content (AvgIpc) is 2.91. The number of carboxylic acids is 1. The normalized spacial score (nSPS) is 11.0. The third-order valence-corrected chi connectivity index (χ3v) is 3.60. The molecule has 0 aliphatic heterocycles. The van der Waals surface area contributed by atoms with Gasteiger partial charge in [-0.25, -0.2) is 4.79 Å². The predicted molar refractivity (Wildman–Crippen MR) is 85.6 cm³/mol. The highest BCUT2D eigenvalue weighted by Gasteiger charge is 2.18. The maximum Gasteiger partial charge on any atom is 0.354 e. The number of aromatic carboxylic acids is 1. The molecule has 22 heavy (non-hydrogen) atoms. The van der Waals surface area contributed by atoms with Crippen molar-refractivity contribution in [1.82, 2.24) is 9.78 Å². The van der Waals surface area contributed by atoms with E-state index in [-0.39, 0.29) is 5.69 Å². The summed E-state index contributed by atoms with van der Waals surface area (Å²) in [5.74, 6) is 0.106. The van der Waals surface area contributed by atoms with E-state index in [0.29, 0.717) is 23.9 Å². The van der Waals surface area contributed by atoms with Crippen LogP contribution in [0, 0.1) is 0 Å². The summed E-state index contributed by atoms with van der Waals surface area (Å²) in [5.41, 5.74) is 2.82. The molecule has 0 saturated carbocycles. The first kappa shape index (κ1) is 16.1. The van der Waals surface area contributed by atoms with Crippen LogP contribution >= 0.6 is 0 Å². The summed E-state index contributed by atoms with van der Waals surface area (Å²) in [4.78, 5) is 11.4. The number of benzene rings is 1. The Morgan fingerprint density at radius 2 is 2.09 bits per heavy atom. The van der Waals surface area contributed by atoms with Crippen molar-refractivity contribution in [2.45, 2.75) is 39.7 Å². The van der Waals surface area contributed by atoms with Crippen molar-refractivity contribution in [3.63, 3.8) is 0 Å². The van der Waals surface area contributed by atoms with Gasteiger partial charge in [-0.3, -0.25) is 4.68 Å². The first-order valence-corrected chi connectivity index (χ1v) is 7.47. The van der Waals surface area contributed by atoms with E-state index in [1.165, 1.54) is 0 Å². The molecule has 5 heteroatoms. The Labute approximate surface area is 130 Å². The molecule has 0 bridgehead atoms. The lowest BCUT2D eigenvalue weighted by molar-refractivity contribution is 0.0683. The second kappa shape index (κ2) is 6.64. The Kier molecular flexibility index (Phi) is 4.85. The van der Waals surface area contributed by atoms with Gasteiger partial charge < -0.3 is 9.84 Å². The van der Waals surface area contributed by atoms with Crippen molar-refractivity contribution >= 4 is 5.97 Å². The maximum atomic E-state index is 11.4. The lowest BCUT2D eigenvalue weighted by atomic mass is 9.99. The molecule has 0 aliphatic rings. The third kappa shape index (κ3) is 3.13. The minimum Gasteiger partial charge on any atom is -0.496 e. The zero-order chi connectivity index (χ0) is 16.3. The average molecular weight is 302 g/mol. The molecule has 0 saturated heterocycles. The lowest BCUT2D eigenvalue weighted by Gasteiger charge is -2.11. The van der Waals surface area contributed by atoms with Crippen LogP contribution in [0.2, 0.25) is 0 Å². The molecule has 2 rings (SSSR count). The molecular weight excluding hydrogens is 280 g/mol. The molecule has 2 aromatic rings. The summed E-state index contributed by atoms with van der Waals surface area (Å²) in [6, 6.07) is 7.56. The minimum absolute atomic E-state index is 0.203. The standard InChI is InChI=1S/C17H22N2O3/c1-5-8-19-15(17(20)21)10-14(18-19)13-9-12(11(2)3)6-7-16(13)22-4/h6-7,9-11H,5,8H2,1-4H3,(H,20,21). The van der Waals surface area contributed by atoms with Crippen molar-refractivity contribution in [2.75, 3.05) is 7.11 Å². The number of ether oxygens (including phenoxy) is 1. The van der Waals surface area contributed by atoms with Crippen LogP contribution in [0.4, 0.5) is 0 Å². The fourth-order valence-corrected chi connectivity index (χ4v) is 2.39. The molecule has 1 N–H and O–H groups in total. The van der Waals surface area contributed by atoms with Gasteiger partial charge in [-0.15, -0.1) is 0 Å². The van der Waals surface area contributed by atoms with Crippen LogP contribution < -0.4 is 4.74 Å². The van der Waals surface area contributed by atoms with E-state index in [1.807, 2.05) is 25.1 Å². The lowest BCUT2D eigenvalue weighted by Crippen LogP contribution is -2.09. The van der Waals surface area contributed by atoms with Crippen molar-refractivity contribution < 1.29 is 14.6 Å². The van der Waals surface area contributed by atoms with Gasteiger partial charge in [0.25, 0.3) is 0 Å². The molecule has 1 aromatic carbocycles. The fourth-order valence-electron chi connectivity index (χ4n) is 2.39. The highest BCUT2D eigenvalue weighted by molar-refractivity contribution is 5.87. The molecule has 0 atom stereocenters. The first-order valence-electron chi connectivity index (χ1n) is 7.47. The molecule has 0 amide bonds. The molecular formula is C17H22N2O3. The maximum absolute atomic E-state index is 11.4. The largest absolute Gasteiger partial charge is 0.496 e. The van der Waals surface area contributed by atoms with Crippen LogP contribution in [-0.2, 0) is 6.54 Å². The molecule has 0 radical (unpaired) electrons. The molecule has 0 unspecified atom stereocenters. The Balaban J connectivity index is 2.57. The van der Waals surface area contributed by atoms with Gasteiger partial charge in [0.1, 0.15) is 11.4 Å². The van der Waals surface area contributed by atoms with Gasteiger partial charge in [0.05, 0.1) is 12.8 Å². The summed E-state index contributed by atoms with van der Waals surface area (Å²) < 4.78 is 6.95. The summed E-state index contributed by atoms with van der Waals surface area (Å²) in [6.07, 6.45) is 0.824. The van der Waals surface area contributed by atoms with E-state index in [4.69, 9.17) is 4.74 Å². The van der Waals surface area contributed by atoms with E-state index in [9.17, 15) is 9.90 Å². The van der Waals surface area contributed by atoms with E-state index in [2.05, 4.69) is 18.9 Å². The van der Waals surface area contributed by atoms with Crippen LogP contribution in [0.1, 0.15) is 49.2 Å². The van der Waals surface area contributed by atoms with E-state index in [0.717, 1.165) is 17.5 Å². The van der Waals surface area contributed by atoms with Crippen LogP contribution in [0.25, 0.3) is 11.3 Å². The highest BCUT2D eigenvalue weighted by atomic mass is 16.5. The van der Waals surface area contributed by atoms with Gasteiger partial charge in [-0.1, -0.05) is 26.8 Å². The van der Waals surface area contributed by atoms with Crippen LogP contribution in [0.3, 0.4) is 0 Å². The number of methoxy groups -OCH3 is 1. The Hall–Kier alpha value is -2.30. The molecule has 1 heterocycles. The summed E-state index contributed by atoms with van der Waals surface area (Å²) in [5, 5.41) is 13.8. The van der Waals surface area contributed by atoms with Gasteiger partial charge in [0.2, 0.25) is 0 Å². The number of aromatic nitrogens is 2. The monoisotopic (exact) mass is 302 g/mol. The van der Waals surface area contributed by atoms with Gasteiger partial charge in [0, 0.05) is 12.1 Å². The Morgan fingerprint density at radius 1 is 1.36 bits per heavy atom. The topological polar surface area (TPSA) is 64.4 Å². The molecule has 0 aliphatic carbocycles. The van der Waals surface area contributed by atoms with Crippen molar-refractivity contribution in [1.29, 1.82) is 0 Å². The predicted octanol–water partition coefficient (Wildman–Crippen LogP) is 3.79. The van der Waals surface area contributed by atoms with E-state index >= 15 is 0 Å². The van der Waals surface area contributed by atoms with Crippen LogP contribution in [-0.4, -0.2) is 28.0 Å². The molecule has 118 valence electrons. The SMILES string of the molecule is CCCn1nc(-c2cc(C(C)C)ccc2OC)cc1C(=O)O. The van der Waals surface area contributed by atoms with Gasteiger partial charge in [-0.05, 0) is 36.1 Å². The minimum atomic E-state index is -0.966. The number of carbonyl (C=O) groups is 1. The Bertz CT molecular complexity index is 675. The second-order valence-corrected chi connectivity index (χ2v) is 5.56. The fraction of sp³-hybridized carbons (Fsp3) is 0.412. The number of nitrogens with zero attached hydrogens (tertiary/aromatic N) is 2. The van der Waals surface area contributed by atoms with Crippen LogP contribution in [0.5, 0.6) is 5.75 Å². The van der Waals surface area contributed by atoms with Crippen molar-refractivity contribution in [3.05, 3.63) is 35.5 Å². The number of aryl methyl sites for hydroxylation is 1.